The van der Waals surface area contributed by atoms with Gasteiger partial charge in [-0.3, -0.25) is 14.5 Å². The molecule has 186 valence electrons. The number of halogens is 3. The van der Waals surface area contributed by atoms with Crippen molar-refractivity contribution < 1.29 is 19.4 Å². The van der Waals surface area contributed by atoms with Gasteiger partial charge in [-0.2, -0.15) is 0 Å². The normalized spacial score (nSPS) is 29.5. The lowest BCUT2D eigenvalue weighted by molar-refractivity contribution is -0.138. The highest BCUT2D eigenvalue weighted by Gasteiger charge is 2.75. The highest BCUT2D eigenvalue weighted by atomic mass is 79.9. The summed E-state index contributed by atoms with van der Waals surface area (Å²) in [6.07, 6.45) is 1.58. The fourth-order valence-corrected chi connectivity index (χ4v) is 6.88. The molecule has 0 unspecified atom stereocenters. The molecule has 2 aromatic rings. The number of hydrogen-bond donors (Lipinski definition) is 1. The van der Waals surface area contributed by atoms with Crippen LogP contribution in [0.5, 0.6) is 11.5 Å². The van der Waals surface area contributed by atoms with E-state index in [1.165, 1.54) is 22.5 Å². The maximum atomic E-state index is 13.6. The van der Waals surface area contributed by atoms with E-state index in [0.29, 0.717) is 11.1 Å². The number of rotatable bonds is 4. The average Bonchev–Trinajstić information content (AvgIpc) is 3.14. The molecule has 2 amide bonds. The lowest BCUT2D eigenvalue weighted by atomic mass is 9.64. The molecule has 10 nitrogen and oxygen atoms in total. The molecule has 3 aliphatic rings. The van der Waals surface area contributed by atoms with Crippen LogP contribution < -0.4 is 16.1 Å². The summed E-state index contributed by atoms with van der Waals surface area (Å²) >= 11 is 17.3. The van der Waals surface area contributed by atoms with Gasteiger partial charge >= 0.3 is 11.4 Å². The first kappa shape index (κ1) is 24.2. The second-order valence-electron chi connectivity index (χ2n) is 8.74. The summed E-state index contributed by atoms with van der Waals surface area (Å²) in [5.74, 6) is -2.25. The van der Waals surface area contributed by atoms with Gasteiger partial charge in [0.1, 0.15) is 0 Å². The first-order valence-electron chi connectivity index (χ1n) is 10.9. The van der Waals surface area contributed by atoms with Gasteiger partial charge in [0.25, 0.3) is 11.8 Å². The molecule has 1 aliphatic carbocycles. The zero-order chi connectivity index (χ0) is 25.4. The van der Waals surface area contributed by atoms with Gasteiger partial charge in [0.15, 0.2) is 21.2 Å². The topological polar surface area (TPSA) is 116 Å². The van der Waals surface area contributed by atoms with E-state index in [-0.39, 0.29) is 36.5 Å². The van der Waals surface area contributed by atoms with Crippen LogP contribution in [0.15, 0.2) is 39.4 Å². The Labute approximate surface area is 217 Å². The number of carbonyl (C=O) groups is 2. The lowest BCUT2D eigenvalue weighted by Crippen LogP contribution is -2.59. The number of alkyl halides is 3. The number of phenols is 1. The number of phenolic OH excluding ortho intramolecular Hbond substituents is 1. The molecule has 3 heterocycles. The van der Waals surface area contributed by atoms with Crippen molar-refractivity contribution in [1.82, 2.24) is 18.8 Å². The van der Waals surface area contributed by atoms with Crippen molar-refractivity contribution in [3.05, 3.63) is 56.4 Å². The Bertz CT molecular complexity index is 1430. The van der Waals surface area contributed by atoms with Crippen LogP contribution in [0.4, 0.5) is 0 Å². The number of nitrogens with zero attached hydrogens (tertiary/aromatic N) is 4. The molecule has 1 saturated heterocycles. The summed E-state index contributed by atoms with van der Waals surface area (Å²) in [6, 6.07) is 3.74. The summed E-state index contributed by atoms with van der Waals surface area (Å²) in [5, 5.41) is 10.3. The van der Waals surface area contributed by atoms with Gasteiger partial charge in [0.05, 0.1) is 24.6 Å². The number of fused-ring (bicyclic) bond motifs is 4. The molecular weight excluding hydrogens is 567 g/mol. The number of aromatic hydroxyl groups is 1. The van der Waals surface area contributed by atoms with Gasteiger partial charge in [-0.05, 0) is 30.2 Å². The van der Waals surface area contributed by atoms with Crippen LogP contribution in [0, 0.1) is 0 Å². The number of ether oxygens (including phenoxy) is 1. The van der Waals surface area contributed by atoms with Gasteiger partial charge in [0.2, 0.25) is 0 Å². The number of amides is 2. The first-order chi connectivity index (χ1) is 16.5. The van der Waals surface area contributed by atoms with Gasteiger partial charge in [-0.15, -0.1) is 23.2 Å². The van der Waals surface area contributed by atoms with Crippen LogP contribution >= 0.6 is 39.1 Å². The summed E-state index contributed by atoms with van der Waals surface area (Å²) in [5.41, 5.74) is -0.136. The molecular formula is C22H21BrCl2N4O6. The second kappa shape index (κ2) is 8.01. The number of likely N-dealkylation sites (tertiary alicyclic amines) is 1. The number of hydrogen-bond acceptors (Lipinski definition) is 6. The van der Waals surface area contributed by atoms with Crippen molar-refractivity contribution in [2.24, 2.45) is 7.05 Å². The Morgan fingerprint density at radius 1 is 1.17 bits per heavy atom. The van der Waals surface area contributed by atoms with E-state index in [0.717, 1.165) is 9.47 Å². The molecule has 1 aromatic carbocycles. The minimum absolute atomic E-state index is 0.0696. The summed E-state index contributed by atoms with van der Waals surface area (Å²) in [4.78, 5) is 49.9. The molecule has 2 fully saturated rings. The standard InChI is InChI=1S/C22H21BrCl2N4O6/c1-3-35-15-8-11(4-5-14(15)30)16-12-6-7-28-19(33)26(2)20(34)29(28)13(12)9-21(24)17(31)27(10-23)18(32)22(16,21)25/h4-6,8,13,16,30H,3,7,9-10H2,1-2H3/t13-,16+,21-,22+/m1/s1. The molecule has 4 atom stereocenters. The number of aromatic nitrogens is 3. The molecule has 1 aromatic heterocycles. The fourth-order valence-electron chi connectivity index (χ4n) is 5.48. The number of carbonyl (C=O) groups excluding carboxylic acids is 2. The molecule has 0 spiro atoms. The van der Waals surface area contributed by atoms with Crippen LogP contribution in [-0.4, -0.2) is 57.6 Å². The maximum Gasteiger partial charge on any atom is 0.347 e. The predicted molar refractivity (Wildman–Crippen MR) is 131 cm³/mol. The largest absolute Gasteiger partial charge is 0.504 e. The van der Waals surface area contributed by atoms with Crippen LogP contribution in [0.1, 0.15) is 30.9 Å². The molecule has 13 heteroatoms. The Morgan fingerprint density at radius 3 is 2.54 bits per heavy atom. The zero-order valence-corrected chi connectivity index (χ0v) is 21.8. The Kier molecular flexibility index (Phi) is 5.54. The summed E-state index contributed by atoms with van der Waals surface area (Å²) in [7, 11) is 1.37. The number of benzene rings is 1. The SMILES string of the molecule is CCOc1cc([C@H]2C3=CCn4c(=O)n(C)c(=O)n4[C@@H]3C[C@@]3(Cl)C(=O)N(CBr)C(=O)[C@@]23Cl)ccc1O. The lowest BCUT2D eigenvalue weighted by Gasteiger charge is -2.49. The first-order valence-corrected chi connectivity index (χ1v) is 12.7. The van der Waals surface area contributed by atoms with E-state index >= 15 is 0 Å². The quantitative estimate of drug-likeness (QED) is 0.252. The highest BCUT2D eigenvalue weighted by molar-refractivity contribution is 9.09. The third-order valence-electron chi connectivity index (χ3n) is 7.09. The van der Waals surface area contributed by atoms with E-state index in [1.54, 1.807) is 25.1 Å². The minimum atomic E-state index is -1.93. The summed E-state index contributed by atoms with van der Waals surface area (Å²) < 4.78 is 9.08. The van der Waals surface area contributed by atoms with E-state index in [1.807, 2.05) is 0 Å². The predicted octanol–water partition coefficient (Wildman–Crippen LogP) is 1.80. The Hall–Kier alpha value is -2.50. The van der Waals surface area contributed by atoms with Gasteiger partial charge in [-0.25, -0.2) is 23.5 Å². The van der Waals surface area contributed by atoms with Crippen molar-refractivity contribution >= 4 is 50.9 Å². The third-order valence-corrected chi connectivity index (χ3v) is 9.01. The van der Waals surface area contributed by atoms with Crippen molar-refractivity contribution in [2.75, 3.05) is 12.1 Å². The van der Waals surface area contributed by atoms with Crippen LogP contribution in [0.2, 0.25) is 0 Å². The molecule has 5 rings (SSSR count). The van der Waals surface area contributed by atoms with E-state index in [4.69, 9.17) is 27.9 Å². The monoisotopic (exact) mass is 586 g/mol. The molecule has 1 saturated carbocycles. The van der Waals surface area contributed by atoms with Crippen LogP contribution in [0.3, 0.4) is 0 Å². The zero-order valence-electron chi connectivity index (χ0n) is 18.7. The Morgan fingerprint density at radius 2 is 1.89 bits per heavy atom. The maximum absolute atomic E-state index is 13.6. The van der Waals surface area contributed by atoms with Crippen molar-refractivity contribution in [1.29, 1.82) is 0 Å². The smallest absolute Gasteiger partial charge is 0.347 e. The molecule has 2 aliphatic heterocycles. The van der Waals surface area contributed by atoms with Crippen LogP contribution in [0.25, 0.3) is 0 Å². The van der Waals surface area contributed by atoms with Crippen molar-refractivity contribution in [3.63, 3.8) is 0 Å². The molecule has 35 heavy (non-hydrogen) atoms. The minimum Gasteiger partial charge on any atom is -0.504 e. The van der Waals surface area contributed by atoms with Gasteiger partial charge in [-0.1, -0.05) is 28.1 Å². The second-order valence-corrected chi connectivity index (χ2v) is 10.5. The third kappa shape index (κ3) is 2.94. The van der Waals surface area contributed by atoms with Gasteiger partial charge < -0.3 is 9.84 Å². The van der Waals surface area contributed by atoms with Gasteiger partial charge in [0, 0.05) is 19.4 Å². The fraction of sp³-hybridized carbons (Fsp3) is 0.455. The van der Waals surface area contributed by atoms with E-state index < -0.39 is 44.9 Å². The molecule has 0 bridgehead atoms. The van der Waals surface area contributed by atoms with Crippen molar-refractivity contribution in [2.45, 2.75) is 41.6 Å². The molecule has 1 N–H and O–H groups in total. The van der Waals surface area contributed by atoms with Crippen molar-refractivity contribution in [3.8, 4) is 11.5 Å². The average molecular weight is 588 g/mol. The Balaban J connectivity index is 1.80. The number of imide groups is 1. The van der Waals surface area contributed by atoms with E-state index in [2.05, 4.69) is 15.9 Å². The van der Waals surface area contributed by atoms with E-state index in [9.17, 15) is 24.3 Å². The highest BCUT2D eigenvalue weighted by Crippen LogP contribution is 2.63. The summed E-state index contributed by atoms with van der Waals surface area (Å²) in [6.45, 7) is 2.10. The number of allylic oxidation sites excluding steroid dienone is 2. The van der Waals surface area contributed by atoms with Crippen LogP contribution in [-0.2, 0) is 23.2 Å². The molecule has 0 radical (unpaired) electrons.